The summed E-state index contributed by atoms with van der Waals surface area (Å²) in [5, 5.41) is 2.84. The first kappa shape index (κ1) is 16.3. The molecule has 0 bridgehead atoms. The van der Waals surface area contributed by atoms with Crippen molar-refractivity contribution in [3.63, 3.8) is 0 Å². The first-order valence-electron chi connectivity index (χ1n) is 8.02. The molecule has 1 saturated heterocycles. The summed E-state index contributed by atoms with van der Waals surface area (Å²) in [6.45, 7) is 1.85. The van der Waals surface area contributed by atoms with Gasteiger partial charge in [-0.15, -0.1) is 0 Å². The van der Waals surface area contributed by atoms with Crippen molar-refractivity contribution in [3.05, 3.63) is 48.2 Å². The van der Waals surface area contributed by atoms with Gasteiger partial charge in [0.05, 0.1) is 12.3 Å². The van der Waals surface area contributed by atoms with E-state index in [0.29, 0.717) is 18.3 Å². The van der Waals surface area contributed by atoms with Crippen molar-refractivity contribution in [3.8, 4) is 0 Å². The Kier molecular flexibility index (Phi) is 5.32. The number of carbonyl (C=O) groups is 1. The Morgan fingerprint density at radius 1 is 1.29 bits per heavy atom. The molecule has 0 saturated carbocycles. The van der Waals surface area contributed by atoms with Crippen molar-refractivity contribution in [2.75, 3.05) is 25.5 Å². The van der Waals surface area contributed by atoms with Crippen LogP contribution in [-0.2, 0) is 11.3 Å². The van der Waals surface area contributed by atoms with Gasteiger partial charge >= 0.3 is 6.03 Å². The number of urea groups is 1. The van der Waals surface area contributed by atoms with E-state index in [9.17, 15) is 4.79 Å². The Morgan fingerprint density at radius 3 is 2.75 bits per heavy atom. The number of likely N-dealkylation sites (tertiary alicyclic amines) is 1. The smallest absolute Gasteiger partial charge is 0.323 e. The summed E-state index contributed by atoms with van der Waals surface area (Å²) in [7, 11) is 1.60. The molecule has 0 aromatic carbocycles. The minimum absolute atomic E-state index is 0.120. The van der Waals surface area contributed by atoms with E-state index in [1.54, 1.807) is 13.2 Å². The summed E-state index contributed by atoms with van der Waals surface area (Å²) in [5.74, 6) is 0.989. The zero-order valence-corrected chi connectivity index (χ0v) is 13.7. The summed E-state index contributed by atoms with van der Waals surface area (Å²) in [6, 6.07) is 5.72. The molecule has 0 spiro atoms. The fourth-order valence-electron chi connectivity index (χ4n) is 2.93. The summed E-state index contributed by atoms with van der Waals surface area (Å²) < 4.78 is 5.04. The van der Waals surface area contributed by atoms with Gasteiger partial charge in [0.2, 0.25) is 0 Å². The fraction of sp³-hybridized carbons (Fsp3) is 0.412. The second-order valence-electron chi connectivity index (χ2n) is 5.80. The molecule has 2 aromatic heterocycles. The topological polar surface area (TPSA) is 80.2 Å². The summed E-state index contributed by atoms with van der Waals surface area (Å²) in [4.78, 5) is 26.5. The number of carbonyl (C=O) groups excluding carboxylic acids is 1. The molecule has 2 aromatic rings. The molecule has 1 fully saturated rings. The Morgan fingerprint density at radius 2 is 2.04 bits per heavy atom. The zero-order chi connectivity index (χ0) is 16.8. The predicted octanol–water partition coefficient (Wildman–Crippen LogP) is 2.43. The van der Waals surface area contributed by atoms with Gasteiger partial charge in [-0.05, 0) is 36.5 Å². The third-order valence-electron chi connectivity index (χ3n) is 4.21. The van der Waals surface area contributed by atoms with E-state index < -0.39 is 0 Å². The van der Waals surface area contributed by atoms with Crippen LogP contribution in [0.4, 0.5) is 10.6 Å². The van der Waals surface area contributed by atoms with E-state index >= 15 is 0 Å². The quantitative estimate of drug-likeness (QED) is 0.933. The lowest BCUT2D eigenvalue weighted by Crippen LogP contribution is -2.40. The zero-order valence-electron chi connectivity index (χ0n) is 13.7. The first-order valence-corrected chi connectivity index (χ1v) is 8.02. The van der Waals surface area contributed by atoms with Gasteiger partial charge in [0.25, 0.3) is 0 Å². The Labute approximate surface area is 141 Å². The lowest BCUT2D eigenvalue weighted by Gasteiger charge is -2.32. The number of amides is 2. The predicted molar refractivity (Wildman–Crippen MR) is 89.5 cm³/mol. The van der Waals surface area contributed by atoms with Gasteiger partial charge in [0.1, 0.15) is 12.1 Å². The molecule has 1 aliphatic rings. The van der Waals surface area contributed by atoms with E-state index in [4.69, 9.17) is 4.74 Å². The number of hydrogen-bond donors (Lipinski definition) is 1. The SMILES string of the molecule is COCc1cc(NC(=O)N2CCC(c3ccncc3)CC2)ncn1. The van der Waals surface area contributed by atoms with Crippen LogP contribution in [0.1, 0.15) is 30.0 Å². The number of pyridine rings is 1. The van der Waals surface area contributed by atoms with Crippen LogP contribution < -0.4 is 5.32 Å². The minimum Gasteiger partial charge on any atom is -0.378 e. The van der Waals surface area contributed by atoms with Gasteiger partial charge in [-0.3, -0.25) is 10.3 Å². The largest absolute Gasteiger partial charge is 0.378 e. The van der Waals surface area contributed by atoms with Crippen LogP contribution in [0.25, 0.3) is 0 Å². The maximum atomic E-state index is 12.4. The van der Waals surface area contributed by atoms with Gasteiger partial charge in [0.15, 0.2) is 0 Å². The van der Waals surface area contributed by atoms with Crippen molar-refractivity contribution in [1.29, 1.82) is 0 Å². The number of anilines is 1. The lowest BCUT2D eigenvalue weighted by molar-refractivity contribution is 0.181. The van der Waals surface area contributed by atoms with Crippen LogP contribution >= 0.6 is 0 Å². The average molecular weight is 327 g/mol. The fourth-order valence-corrected chi connectivity index (χ4v) is 2.93. The van der Waals surface area contributed by atoms with Crippen molar-refractivity contribution in [2.24, 2.45) is 0 Å². The highest BCUT2D eigenvalue weighted by atomic mass is 16.5. The summed E-state index contributed by atoms with van der Waals surface area (Å²) >= 11 is 0. The molecule has 0 aliphatic carbocycles. The Hall–Kier alpha value is -2.54. The maximum absolute atomic E-state index is 12.4. The molecule has 24 heavy (non-hydrogen) atoms. The average Bonchev–Trinajstić information content (AvgIpc) is 2.63. The number of rotatable bonds is 4. The van der Waals surface area contributed by atoms with E-state index in [2.05, 4.69) is 32.4 Å². The number of aromatic nitrogens is 3. The molecule has 7 heteroatoms. The van der Waals surface area contributed by atoms with Crippen LogP contribution in [0, 0.1) is 0 Å². The summed E-state index contributed by atoms with van der Waals surface area (Å²) in [5.41, 5.74) is 2.03. The van der Waals surface area contributed by atoms with Gasteiger partial charge in [-0.1, -0.05) is 0 Å². The van der Waals surface area contributed by atoms with Gasteiger partial charge in [0, 0.05) is 38.7 Å². The van der Waals surface area contributed by atoms with Crippen molar-refractivity contribution >= 4 is 11.8 Å². The van der Waals surface area contributed by atoms with Crippen molar-refractivity contribution in [1.82, 2.24) is 19.9 Å². The normalized spacial score (nSPS) is 15.3. The van der Waals surface area contributed by atoms with Gasteiger partial charge in [-0.25, -0.2) is 14.8 Å². The Bertz CT molecular complexity index is 672. The van der Waals surface area contributed by atoms with Crippen LogP contribution in [0.3, 0.4) is 0 Å². The minimum atomic E-state index is -0.120. The van der Waals surface area contributed by atoms with Crippen molar-refractivity contribution < 1.29 is 9.53 Å². The number of nitrogens with zero attached hydrogens (tertiary/aromatic N) is 4. The monoisotopic (exact) mass is 327 g/mol. The highest BCUT2D eigenvalue weighted by molar-refractivity contribution is 5.88. The van der Waals surface area contributed by atoms with E-state index in [0.717, 1.165) is 31.6 Å². The summed E-state index contributed by atoms with van der Waals surface area (Å²) in [6.07, 6.45) is 6.98. The molecule has 0 unspecified atom stereocenters. The molecule has 126 valence electrons. The van der Waals surface area contributed by atoms with Gasteiger partial charge < -0.3 is 9.64 Å². The standard InChI is InChI=1S/C17H21N5O2/c1-24-11-15-10-16(20-12-19-15)21-17(23)22-8-4-14(5-9-22)13-2-6-18-7-3-13/h2-3,6-7,10,12,14H,4-5,8-9,11H2,1H3,(H,19,20,21,23). The Balaban J connectivity index is 1.54. The highest BCUT2D eigenvalue weighted by Crippen LogP contribution is 2.27. The van der Waals surface area contributed by atoms with E-state index in [1.807, 2.05) is 17.3 Å². The van der Waals surface area contributed by atoms with Crippen LogP contribution in [0.2, 0.25) is 0 Å². The van der Waals surface area contributed by atoms with E-state index in [1.165, 1.54) is 11.9 Å². The number of nitrogens with one attached hydrogen (secondary N) is 1. The first-order chi connectivity index (χ1) is 11.8. The molecule has 1 N–H and O–H groups in total. The second-order valence-corrected chi connectivity index (χ2v) is 5.80. The molecule has 3 heterocycles. The van der Waals surface area contributed by atoms with Crippen LogP contribution in [-0.4, -0.2) is 46.1 Å². The highest BCUT2D eigenvalue weighted by Gasteiger charge is 2.24. The molecular formula is C17H21N5O2. The third kappa shape index (κ3) is 4.05. The van der Waals surface area contributed by atoms with Gasteiger partial charge in [-0.2, -0.15) is 0 Å². The molecule has 3 rings (SSSR count). The molecular weight excluding hydrogens is 306 g/mol. The molecule has 7 nitrogen and oxygen atoms in total. The molecule has 1 aliphatic heterocycles. The molecule has 0 atom stereocenters. The van der Waals surface area contributed by atoms with E-state index in [-0.39, 0.29) is 6.03 Å². The maximum Gasteiger partial charge on any atom is 0.323 e. The number of ether oxygens (including phenoxy) is 1. The van der Waals surface area contributed by atoms with Crippen LogP contribution in [0.15, 0.2) is 36.9 Å². The lowest BCUT2D eigenvalue weighted by atomic mass is 9.90. The van der Waals surface area contributed by atoms with Crippen LogP contribution in [0.5, 0.6) is 0 Å². The number of piperidine rings is 1. The van der Waals surface area contributed by atoms with Crippen molar-refractivity contribution in [2.45, 2.75) is 25.4 Å². The number of hydrogen-bond acceptors (Lipinski definition) is 5. The second kappa shape index (κ2) is 7.83. The third-order valence-corrected chi connectivity index (χ3v) is 4.21. The molecule has 0 radical (unpaired) electrons. The number of methoxy groups -OCH3 is 1. The molecule has 2 amide bonds.